The normalized spacial score (nSPS) is 16.5. The second-order valence-electron chi connectivity index (χ2n) is 5.50. The highest BCUT2D eigenvalue weighted by atomic mass is 32.2. The summed E-state index contributed by atoms with van der Waals surface area (Å²) in [6.45, 7) is 7.48. The molecule has 0 saturated carbocycles. The lowest BCUT2D eigenvalue weighted by Crippen LogP contribution is -2.18. The summed E-state index contributed by atoms with van der Waals surface area (Å²) in [5.41, 5.74) is 8.77. The Morgan fingerprint density at radius 2 is 2.18 bits per heavy atom. The van der Waals surface area contributed by atoms with E-state index >= 15 is 0 Å². The third-order valence-electron chi connectivity index (χ3n) is 2.84. The van der Waals surface area contributed by atoms with Crippen LogP contribution in [0.3, 0.4) is 0 Å². The van der Waals surface area contributed by atoms with E-state index in [2.05, 4.69) is 39.0 Å². The molecule has 0 radical (unpaired) electrons. The summed E-state index contributed by atoms with van der Waals surface area (Å²) in [4.78, 5) is 0. The van der Waals surface area contributed by atoms with E-state index < -0.39 is 0 Å². The Balaban J connectivity index is 2.02. The van der Waals surface area contributed by atoms with Gasteiger partial charge in [0.05, 0.1) is 6.61 Å². The van der Waals surface area contributed by atoms with Crippen LogP contribution in [0.25, 0.3) is 0 Å². The fourth-order valence-corrected chi connectivity index (χ4v) is 2.75. The molecule has 1 atom stereocenters. The van der Waals surface area contributed by atoms with Crippen LogP contribution in [0, 0.1) is 0 Å². The van der Waals surface area contributed by atoms with Gasteiger partial charge in [-0.15, -0.1) is 0 Å². The second kappa shape index (κ2) is 4.91. The van der Waals surface area contributed by atoms with Gasteiger partial charge in [0.25, 0.3) is 0 Å². The van der Waals surface area contributed by atoms with Crippen LogP contribution >= 0.6 is 11.8 Å². The molecular weight excluding hydrogens is 230 g/mol. The molecule has 1 aromatic rings. The van der Waals surface area contributed by atoms with Crippen LogP contribution < -0.4 is 10.5 Å². The molecule has 17 heavy (non-hydrogen) atoms. The van der Waals surface area contributed by atoms with E-state index in [0.717, 1.165) is 24.5 Å². The molecule has 0 fully saturated rings. The molecule has 1 aliphatic rings. The van der Waals surface area contributed by atoms with Crippen molar-refractivity contribution in [2.24, 2.45) is 5.73 Å². The molecule has 0 aromatic heterocycles. The maximum atomic E-state index is 6.23. The first-order valence-corrected chi connectivity index (χ1v) is 7.09. The standard InChI is InChI=1S/C14H21NOS/c1-14(2,3)17-9-12(15)10-4-5-13-11(8-10)6-7-16-13/h4-5,8,12H,6-7,9,15H2,1-3H3. The number of hydrogen-bond donors (Lipinski definition) is 1. The Morgan fingerprint density at radius 1 is 1.41 bits per heavy atom. The lowest BCUT2D eigenvalue weighted by atomic mass is 10.0. The summed E-state index contributed by atoms with van der Waals surface area (Å²) >= 11 is 1.91. The minimum absolute atomic E-state index is 0.116. The van der Waals surface area contributed by atoms with Crippen molar-refractivity contribution >= 4 is 11.8 Å². The molecular formula is C14H21NOS. The number of nitrogens with two attached hydrogens (primary N) is 1. The van der Waals surface area contributed by atoms with Crippen molar-refractivity contribution in [3.63, 3.8) is 0 Å². The van der Waals surface area contributed by atoms with Crippen LogP contribution in [0.15, 0.2) is 18.2 Å². The van der Waals surface area contributed by atoms with Crippen molar-refractivity contribution < 1.29 is 4.74 Å². The van der Waals surface area contributed by atoms with Crippen LogP contribution in [-0.2, 0) is 6.42 Å². The first-order chi connectivity index (χ1) is 7.96. The third kappa shape index (κ3) is 3.39. The Morgan fingerprint density at radius 3 is 2.88 bits per heavy atom. The Bertz CT molecular complexity index is 398. The molecule has 0 saturated heterocycles. The van der Waals surface area contributed by atoms with Gasteiger partial charge >= 0.3 is 0 Å². The predicted molar refractivity (Wildman–Crippen MR) is 74.8 cm³/mol. The highest BCUT2D eigenvalue weighted by molar-refractivity contribution is 8.00. The van der Waals surface area contributed by atoms with Gasteiger partial charge in [0, 0.05) is 23.0 Å². The SMILES string of the molecule is CC(C)(C)SCC(N)c1ccc2c(c1)CCO2. The molecule has 1 aliphatic heterocycles. The molecule has 3 heteroatoms. The molecule has 2 nitrogen and oxygen atoms in total. The number of fused-ring (bicyclic) bond motifs is 1. The van der Waals surface area contributed by atoms with Crippen molar-refractivity contribution in [3.8, 4) is 5.75 Å². The van der Waals surface area contributed by atoms with Crippen LogP contribution in [0.5, 0.6) is 5.75 Å². The summed E-state index contributed by atoms with van der Waals surface area (Å²) in [6.07, 6.45) is 1.02. The first-order valence-electron chi connectivity index (χ1n) is 6.11. The summed E-state index contributed by atoms with van der Waals surface area (Å²) in [7, 11) is 0. The Hall–Kier alpha value is -0.670. The van der Waals surface area contributed by atoms with Crippen molar-refractivity contribution in [2.45, 2.75) is 38.0 Å². The fourth-order valence-electron chi connectivity index (χ4n) is 1.87. The largest absolute Gasteiger partial charge is 0.493 e. The molecule has 1 heterocycles. The Labute approximate surface area is 108 Å². The molecule has 0 bridgehead atoms. The van der Waals surface area contributed by atoms with Gasteiger partial charge < -0.3 is 10.5 Å². The van der Waals surface area contributed by atoms with Gasteiger partial charge in [-0.25, -0.2) is 0 Å². The average molecular weight is 251 g/mol. The summed E-state index contributed by atoms with van der Waals surface area (Å²) in [6, 6.07) is 6.47. The predicted octanol–water partition coefficient (Wildman–Crippen LogP) is 3.15. The number of ether oxygens (including phenoxy) is 1. The average Bonchev–Trinajstić information content (AvgIpc) is 2.71. The van der Waals surface area contributed by atoms with E-state index in [9.17, 15) is 0 Å². The lowest BCUT2D eigenvalue weighted by molar-refractivity contribution is 0.357. The van der Waals surface area contributed by atoms with Crippen LogP contribution in [-0.4, -0.2) is 17.1 Å². The molecule has 0 amide bonds. The first kappa shape index (κ1) is 12.8. The molecule has 2 N–H and O–H groups in total. The van der Waals surface area contributed by atoms with E-state index in [1.54, 1.807) is 0 Å². The monoisotopic (exact) mass is 251 g/mol. The van der Waals surface area contributed by atoms with Gasteiger partial charge in [-0.05, 0) is 17.2 Å². The van der Waals surface area contributed by atoms with Crippen LogP contribution in [0.4, 0.5) is 0 Å². The molecule has 1 aromatic carbocycles. The molecule has 94 valence electrons. The number of hydrogen-bond acceptors (Lipinski definition) is 3. The van der Waals surface area contributed by atoms with Crippen LogP contribution in [0.1, 0.15) is 37.9 Å². The van der Waals surface area contributed by atoms with E-state index in [4.69, 9.17) is 10.5 Å². The van der Waals surface area contributed by atoms with Crippen molar-refractivity contribution in [2.75, 3.05) is 12.4 Å². The fraction of sp³-hybridized carbons (Fsp3) is 0.571. The highest BCUT2D eigenvalue weighted by Crippen LogP contribution is 2.31. The minimum Gasteiger partial charge on any atom is -0.493 e. The van der Waals surface area contributed by atoms with Gasteiger partial charge in [0.15, 0.2) is 0 Å². The van der Waals surface area contributed by atoms with E-state index in [1.165, 1.54) is 11.1 Å². The van der Waals surface area contributed by atoms with Gasteiger partial charge in [0.1, 0.15) is 5.75 Å². The van der Waals surface area contributed by atoms with Crippen LogP contribution in [0.2, 0.25) is 0 Å². The second-order valence-corrected chi connectivity index (χ2v) is 7.34. The molecule has 1 unspecified atom stereocenters. The number of thioether (sulfide) groups is 1. The van der Waals surface area contributed by atoms with E-state index in [0.29, 0.717) is 0 Å². The molecule has 0 spiro atoms. The third-order valence-corrected chi connectivity index (χ3v) is 4.23. The van der Waals surface area contributed by atoms with Crippen molar-refractivity contribution in [1.29, 1.82) is 0 Å². The summed E-state index contributed by atoms with van der Waals surface area (Å²) in [5.74, 6) is 1.99. The van der Waals surface area contributed by atoms with Gasteiger partial charge in [-0.1, -0.05) is 32.9 Å². The van der Waals surface area contributed by atoms with Gasteiger partial charge in [0.2, 0.25) is 0 Å². The van der Waals surface area contributed by atoms with E-state index in [1.807, 2.05) is 11.8 Å². The highest BCUT2D eigenvalue weighted by Gasteiger charge is 2.17. The maximum absolute atomic E-state index is 6.23. The zero-order chi connectivity index (χ0) is 12.5. The molecule has 0 aliphatic carbocycles. The van der Waals surface area contributed by atoms with Gasteiger partial charge in [-0.2, -0.15) is 11.8 Å². The number of benzene rings is 1. The zero-order valence-electron chi connectivity index (χ0n) is 10.8. The van der Waals surface area contributed by atoms with Gasteiger partial charge in [-0.3, -0.25) is 0 Å². The smallest absolute Gasteiger partial charge is 0.122 e. The van der Waals surface area contributed by atoms with Crippen molar-refractivity contribution in [1.82, 2.24) is 0 Å². The quantitative estimate of drug-likeness (QED) is 0.896. The number of rotatable bonds is 3. The summed E-state index contributed by atoms with van der Waals surface area (Å²) in [5, 5.41) is 0. The van der Waals surface area contributed by atoms with E-state index in [-0.39, 0.29) is 10.8 Å². The topological polar surface area (TPSA) is 35.2 Å². The molecule has 2 rings (SSSR count). The zero-order valence-corrected chi connectivity index (χ0v) is 11.6. The maximum Gasteiger partial charge on any atom is 0.122 e. The lowest BCUT2D eigenvalue weighted by Gasteiger charge is -2.21. The Kier molecular flexibility index (Phi) is 3.69. The minimum atomic E-state index is 0.116. The summed E-state index contributed by atoms with van der Waals surface area (Å²) < 4.78 is 5.78. The van der Waals surface area contributed by atoms with Crippen molar-refractivity contribution in [3.05, 3.63) is 29.3 Å².